The zero-order valence-corrected chi connectivity index (χ0v) is 22.7. The summed E-state index contributed by atoms with van der Waals surface area (Å²) in [6.45, 7) is 2.26. The van der Waals surface area contributed by atoms with Crippen LogP contribution in [0.25, 0.3) is 38.9 Å². The van der Waals surface area contributed by atoms with E-state index in [1.165, 1.54) is 17.0 Å². The number of benzene rings is 1. The van der Waals surface area contributed by atoms with Crippen LogP contribution in [0.1, 0.15) is 25.1 Å². The average molecular weight is 574 g/mol. The molecule has 5 rings (SSSR count). The maximum absolute atomic E-state index is 13.8. The second-order valence-electron chi connectivity index (χ2n) is 9.66. The number of aliphatic hydroxyl groups is 1. The molecule has 41 heavy (non-hydrogen) atoms. The van der Waals surface area contributed by atoms with Crippen molar-refractivity contribution in [2.75, 3.05) is 0 Å². The highest BCUT2D eigenvalue weighted by molar-refractivity contribution is 7.46. The summed E-state index contributed by atoms with van der Waals surface area (Å²) in [5, 5.41) is 18.8. The van der Waals surface area contributed by atoms with E-state index < -0.39 is 31.2 Å². The van der Waals surface area contributed by atoms with Gasteiger partial charge in [-0.15, -0.1) is 0 Å². The highest BCUT2D eigenvalue weighted by atomic mass is 31.2. The molecule has 4 aromatic heterocycles. The van der Waals surface area contributed by atoms with Crippen LogP contribution in [0.3, 0.4) is 0 Å². The molecule has 0 saturated heterocycles. The summed E-state index contributed by atoms with van der Waals surface area (Å²) in [4.78, 5) is 58.8. The molecule has 3 N–H and O–H groups in total. The number of phosphoric ester groups is 1. The minimum absolute atomic E-state index is 0.0498. The molecule has 0 amide bonds. The van der Waals surface area contributed by atoms with E-state index in [0.29, 0.717) is 38.3 Å². The number of aromatic nitrogens is 5. The topological polar surface area (TPSA) is 193 Å². The Labute approximate surface area is 231 Å². The first-order valence-electron chi connectivity index (χ1n) is 12.2. The van der Waals surface area contributed by atoms with E-state index >= 15 is 0 Å². The Morgan fingerprint density at radius 2 is 1.76 bits per heavy atom. The number of hydrogen-bond donors (Lipinski definition) is 3. The van der Waals surface area contributed by atoms with Gasteiger partial charge in [0, 0.05) is 18.0 Å². The largest absolute Gasteiger partial charge is 0.471 e. The van der Waals surface area contributed by atoms with Crippen LogP contribution >= 0.6 is 7.82 Å². The molecule has 0 unspecified atom stereocenters. The number of rotatable bonds is 7. The molecule has 0 fully saturated rings. The fourth-order valence-electron chi connectivity index (χ4n) is 4.29. The average Bonchev–Trinajstić information content (AvgIpc) is 2.96. The van der Waals surface area contributed by atoms with Crippen LogP contribution < -0.4 is 11.2 Å². The number of hydrogen-bond acceptors (Lipinski definition) is 9. The maximum atomic E-state index is 13.8. The SMILES string of the molecule is CC(C)(C#N)c1ccc(-n2c(=O)n(COP(=O)(O)O)c(=O)c3cnc4ccc(-c5ccc(CO)nc5)nc4c32)cc1. The summed E-state index contributed by atoms with van der Waals surface area (Å²) in [7, 11) is -5.02. The van der Waals surface area contributed by atoms with Gasteiger partial charge in [-0.2, -0.15) is 5.26 Å². The molecule has 0 atom stereocenters. The zero-order chi connectivity index (χ0) is 29.5. The third kappa shape index (κ3) is 5.30. The molecular formula is C27H23N6O7P. The molecule has 0 spiro atoms. The van der Waals surface area contributed by atoms with Gasteiger partial charge in [0.05, 0.1) is 51.6 Å². The summed E-state index contributed by atoms with van der Waals surface area (Å²) in [5.74, 6) is 0. The maximum Gasteiger partial charge on any atom is 0.471 e. The summed E-state index contributed by atoms with van der Waals surface area (Å²) in [5.41, 5.74) is 0.608. The first-order valence-corrected chi connectivity index (χ1v) is 13.7. The molecule has 208 valence electrons. The smallest absolute Gasteiger partial charge is 0.390 e. The Bertz CT molecular complexity index is 2010. The van der Waals surface area contributed by atoms with E-state index in [4.69, 9.17) is 4.98 Å². The highest BCUT2D eigenvalue weighted by Gasteiger charge is 2.23. The van der Waals surface area contributed by atoms with E-state index in [0.717, 1.165) is 0 Å². The van der Waals surface area contributed by atoms with Crippen LogP contribution in [0.5, 0.6) is 0 Å². The van der Waals surface area contributed by atoms with Crippen LogP contribution in [0.4, 0.5) is 0 Å². The van der Waals surface area contributed by atoms with Gasteiger partial charge in [0.2, 0.25) is 0 Å². The van der Waals surface area contributed by atoms with Crippen molar-refractivity contribution in [3.63, 3.8) is 0 Å². The van der Waals surface area contributed by atoms with Crippen molar-refractivity contribution in [2.24, 2.45) is 0 Å². The first kappa shape index (κ1) is 28.0. The number of aliphatic hydroxyl groups excluding tert-OH is 1. The van der Waals surface area contributed by atoms with Crippen molar-refractivity contribution in [1.82, 2.24) is 24.1 Å². The molecule has 0 aliphatic heterocycles. The van der Waals surface area contributed by atoms with Crippen LogP contribution in [0, 0.1) is 11.3 Å². The molecule has 0 saturated carbocycles. The van der Waals surface area contributed by atoms with Crippen LogP contribution in [-0.4, -0.2) is 39.0 Å². The van der Waals surface area contributed by atoms with E-state index in [2.05, 4.69) is 20.6 Å². The van der Waals surface area contributed by atoms with Gasteiger partial charge in [-0.05, 0) is 55.8 Å². The van der Waals surface area contributed by atoms with Crippen molar-refractivity contribution in [3.05, 3.63) is 93.0 Å². The second-order valence-corrected chi connectivity index (χ2v) is 10.9. The molecule has 4 heterocycles. The minimum Gasteiger partial charge on any atom is -0.390 e. The lowest BCUT2D eigenvalue weighted by Gasteiger charge is -2.18. The number of nitrogens with zero attached hydrogens (tertiary/aromatic N) is 6. The third-order valence-electron chi connectivity index (χ3n) is 6.57. The van der Waals surface area contributed by atoms with E-state index in [1.807, 2.05) is 0 Å². The van der Waals surface area contributed by atoms with Crippen LogP contribution in [-0.2, 0) is 27.8 Å². The Balaban J connectivity index is 1.83. The predicted molar refractivity (Wildman–Crippen MR) is 148 cm³/mol. The monoisotopic (exact) mass is 574 g/mol. The molecule has 14 heteroatoms. The van der Waals surface area contributed by atoms with Crippen molar-refractivity contribution >= 4 is 29.8 Å². The van der Waals surface area contributed by atoms with Crippen LogP contribution in [0.15, 0.2) is 70.5 Å². The fraction of sp³-hybridized carbons (Fsp3) is 0.185. The van der Waals surface area contributed by atoms with Crippen molar-refractivity contribution in [1.29, 1.82) is 5.26 Å². The van der Waals surface area contributed by atoms with Crippen molar-refractivity contribution in [2.45, 2.75) is 32.6 Å². The van der Waals surface area contributed by atoms with Gasteiger partial charge >= 0.3 is 13.5 Å². The quantitative estimate of drug-likeness (QED) is 0.191. The van der Waals surface area contributed by atoms with E-state index in [1.54, 1.807) is 62.4 Å². The molecule has 0 bridgehead atoms. The Kier molecular flexibility index (Phi) is 7.12. The molecule has 13 nitrogen and oxygen atoms in total. The second kappa shape index (κ2) is 10.4. The molecule has 1 aromatic carbocycles. The van der Waals surface area contributed by atoms with Gasteiger partial charge in [0.1, 0.15) is 12.2 Å². The standard InChI is InChI=1S/C27H23N6O7P/c1-27(2,14-28)17-4-7-19(8-5-17)33-24-20(25(35)32(26(33)36)15-40-41(37,38)39)12-30-22-10-9-21(31-23(22)24)16-3-6-18(13-34)29-11-16/h3-12,34H,13,15H2,1-2H3,(H2,37,38,39). The Morgan fingerprint density at radius 1 is 1.02 bits per heavy atom. The molecule has 5 aromatic rings. The lowest BCUT2D eigenvalue weighted by Crippen LogP contribution is -2.40. The van der Waals surface area contributed by atoms with Gasteiger partial charge in [0.25, 0.3) is 5.56 Å². The number of nitriles is 1. The number of pyridine rings is 3. The fourth-order valence-corrected chi connectivity index (χ4v) is 4.56. The summed E-state index contributed by atoms with van der Waals surface area (Å²) >= 11 is 0. The van der Waals surface area contributed by atoms with Crippen molar-refractivity contribution in [3.8, 4) is 23.0 Å². The summed E-state index contributed by atoms with van der Waals surface area (Å²) < 4.78 is 17.6. The molecule has 0 aliphatic rings. The highest BCUT2D eigenvalue weighted by Crippen LogP contribution is 2.36. The lowest BCUT2D eigenvalue weighted by molar-refractivity contribution is 0.148. The number of phosphoric acid groups is 1. The Morgan fingerprint density at radius 3 is 2.37 bits per heavy atom. The van der Waals surface area contributed by atoms with Crippen molar-refractivity contribution < 1.29 is 24.0 Å². The van der Waals surface area contributed by atoms with Gasteiger partial charge in [-0.3, -0.25) is 23.9 Å². The molecule has 0 aliphatic carbocycles. The Hall–Kier alpha value is -4.57. The molecular weight excluding hydrogens is 551 g/mol. The first-order chi connectivity index (χ1) is 19.4. The summed E-state index contributed by atoms with van der Waals surface area (Å²) in [6, 6.07) is 15.5. The lowest BCUT2D eigenvalue weighted by atomic mass is 9.86. The van der Waals surface area contributed by atoms with Gasteiger partial charge in [-0.25, -0.2) is 18.9 Å². The van der Waals surface area contributed by atoms with E-state index in [9.17, 15) is 34.3 Å². The normalized spacial score (nSPS) is 12.1. The summed E-state index contributed by atoms with van der Waals surface area (Å²) in [6.07, 6.45) is 2.80. The molecule has 0 radical (unpaired) electrons. The van der Waals surface area contributed by atoms with Crippen LogP contribution in [0.2, 0.25) is 0 Å². The minimum atomic E-state index is -5.02. The predicted octanol–water partition coefficient (Wildman–Crippen LogP) is 2.52. The van der Waals surface area contributed by atoms with E-state index in [-0.39, 0.29) is 23.0 Å². The van der Waals surface area contributed by atoms with Gasteiger partial charge in [-0.1, -0.05) is 12.1 Å². The zero-order valence-electron chi connectivity index (χ0n) is 21.8. The van der Waals surface area contributed by atoms with Gasteiger partial charge < -0.3 is 14.9 Å². The third-order valence-corrected chi connectivity index (χ3v) is 7.02. The number of fused-ring (bicyclic) bond motifs is 3. The van der Waals surface area contributed by atoms with Gasteiger partial charge in [0.15, 0.2) is 0 Å².